The standard InChI is InChI=1S/C38H22N4O/c39-22-24-10-17-33-31(20-24)32-21-27(15-18-34(32)42(33)29-6-2-1-3-7-29)25-11-13-26(14-12-25)28-16-19-36-40-37-30-8-4-5-9-35(30)43-38(37)41(36)23-28/h1-21,23H. The third-order valence-electron chi connectivity index (χ3n) is 8.38. The number of nitrogens with zero attached hydrogens (tertiary/aromatic N) is 4. The Morgan fingerprint density at radius 3 is 2.09 bits per heavy atom. The maximum atomic E-state index is 9.61. The monoisotopic (exact) mass is 550 g/mol. The van der Waals surface area contributed by atoms with Gasteiger partial charge in [-0.1, -0.05) is 60.7 Å². The highest BCUT2D eigenvalue weighted by molar-refractivity contribution is 6.11. The van der Waals surface area contributed by atoms with Crippen molar-refractivity contribution in [3.63, 3.8) is 0 Å². The number of nitriles is 1. The second-order valence-electron chi connectivity index (χ2n) is 10.8. The van der Waals surface area contributed by atoms with Crippen LogP contribution in [0.3, 0.4) is 0 Å². The van der Waals surface area contributed by atoms with Gasteiger partial charge in [0, 0.05) is 28.0 Å². The number of fused-ring (bicyclic) bond motifs is 8. The van der Waals surface area contributed by atoms with Crippen molar-refractivity contribution < 1.29 is 4.42 Å². The van der Waals surface area contributed by atoms with Crippen LogP contribution in [0.15, 0.2) is 138 Å². The van der Waals surface area contributed by atoms with Gasteiger partial charge in [-0.3, -0.25) is 4.40 Å². The second-order valence-corrected chi connectivity index (χ2v) is 10.8. The van der Waals surface area contributed by atoms with Crippen LogP contribution in [0.1, 0.15) is 5.56 Å². The molecule has 0 atom stereocenters. The van der Waals surface area contributed by atoms with E-state index in [1.54, 1.807) is 0 Å². The highest BCUT2D eigenvalue weighted by atomic mass is 16.3. The van der Waals surface area contributed by atoms with Crippen LogP contribution in [-0.4, -0.2) is 14.0 Å². The first kappa shape index (κ1) is 23.6. The molecule has 0 radical (unpaired) electrons. The van der Waals surface area contributed by atoms with Gasteiger partial charge in [-0.25, -0.2) is 4.98 Å². The summed E-state index contributed by atoms with van der Waals surface area (Å²) in [4.78, 5) is 4.82. The summed E-state index contributed by atoms with van der Waals surface area (Å²) in [5.74, 6) is 0. The van der Waals surface area contributed by atoms with E-state index in [0.29, 0.717) is 5.56 Å². The maximum absolute atomic E-state index is 9.61. The molecular weight excluding hydrogens is 528 g/mol. The average molecular weight is 551 g/mol. The molecule has 0 saturated carbocycles. The molecule has 5 aromatic carbocycles. The van der Waals surface area contributed by atoms with E-state index in [0.717, 1.165) is 77.6 Å². The Morgan fingerprint density at radius 1 is 0.605 bits per heavy atom. The van der Waals surface area contributed by atoms with Gasteiger partial charge in [0.15, 0.2) is 0 Å². The van der Waals surface area contributed by atoms with Crippen molar-refractivity contribution in [1.29, 1.82) is 5.26 Å². The van der Waals surface area contributed by atoms with Crippen LogP contribution in [0.5, 0.6) is 0 Å². The van der Waals surface area contributed by atoms with E-state index in [4.69, 9.17) is 9.40 Å². The summed E-state index contributed by atoms with van der Waals surface area (Å²) < 4.78 is 10.5. The number of hydrogen-bond donors (Lipinski definition) is 0. The fourth-order valence-corrected chi connectivity index (χ4v) is 6.31. The van der Waals surface area contributed by atoms with Crippen LogP contribution < -0.4 is 0 Å². The van der Waals surface area contributed by atoms with E-state index in [2.05, 4.69) is 89.6 Å². The van der Waals surface area contributed by atoms with Crippen LogP contribution in [0.2, 0.25) is 0 Å². The molecule has 200 valence electrons. The summed E-state index contributed by atoms with van der Waals surface area (Å²) in [5.41, 5.74) is 11.8. The molecule has 0 aliphatic carbocycles. The SMILES string of the molecule is N#Cc1ccc2c(c1)c1cc(-c3ccc(-c4ccc5nc6c7ccccc7oc6n5c4)cc3)ccc1n2-c1ccccc1. The molecule has 0 aliphatic rings. The molecule has 4 heterocycles. The zero-order chi connectivity index (χ0) is 28.5. The van der Waals surface area contributed by atoms with Gasteiger partial charge in [-0.2, -0.15) is 5.26 Å². The molecule has 5 heteroatoms. The summed E-state index contributed by atoms with van der Waals surface area (Å²) in [6, 6.07) is 46.0. The van der Waals surface area contributed by atoms with Crippen molar-refractivity contribution in [3.05, 3.63) is 139 Å². The molecule has 43 heavy (non-hydrogen) atoms. The molecule has 9 rings (SSSR count). The molecule has 0 amide bonds. The minimum atomic E-state index is 0.657. The molecule has 0 N–H and O–H groups in total. The molecule has 0 unspecified atom stereocenters. The van der Waals surface area contributed by atoms with E-state index < -0.39 is 0 Å². The van der Waals surface area contributed by atoms with Crippen molar-refractivity contribution in [1.82, 2.24) is 14.0 Å². The van der Waals surface area contributed by atoms with Gasteiger partial charge in [0.1, 0.15) is 16.7 Å². The molecule has 9 aromatic rings. The van der Waals surface area contributed by atoms with Gasteiger partial charge < -0.3 is 8.98 Å². The fourth-order valence-electron chi connectivity index (χ4n) is 6.31. The van der Waals surface area contributed by atoms with E-state index in [-0.39, 0.29) is 0 Å². The van der Waals surface area contributed by atoms with E-state index in [9.17, 15) is 5.26 Å². The van der Waals surface area contributed by atoms with Crippen molar-refractivity contribution >= 4 is 49.7 Å². The van der Waals surface area contributed by atoms with E-state index in [1.807, 2.05) is 59.0 Å². The predicted octanol–water partition coefficient (Wildman–Crippen LogP) is 9.54. The normalized spacial score (nSPS) is 11.7. The van der Waals surface area contributed by atoms with E-state index in [1.165, 1.54) is 0 Å². The first-order valence-corrected chi connectivity index (χ1v) is 14.2. The number of pyridine rings is 1. The highest BCUT2D eigenvalue weighted by Crippen LogP contribution is 2.36. The Morgan fingerprint density at radius 2 is 1.28 bits per heavy atom. The van der Waals surface area contributed by atoms with Crippen molar-refractivity contribution in [3.8, 4) is 34.0 Å². The van der Waals surface area contributed by atoms with E-state index >= 15 is 0 Å². The third kappa shape index (κ3) is 3.54. The molecule has 0 bridgehead atoms. The second kappa shape index (κ2) is 8.94. The Labute approximate surface area is 246 Å². The Hall–Kier alpha value is -6.12. The number of para-hydroxylation sites is 2. The van der Waals surface area contributed by atoms with Gasteiger partial charge in [-0.15, -0.1) is 0 Å². The van der Waals surface area contributed by atoms with Gasteiger partial charge in [0.05, 0.1) is 22.7 Å². The van der Waals surface area contributed by atoms with Crippen LogP contribution >= 0.6 is 0 Å². The summed E-state index contributed by atoms with van der Waals surface area (Å²) in [7, 11) is 0. The Bertz CT molecular complexity index is 2560. The van der Waals surface area contributed by atoms with Gasteiger partial charge in [-0.05, 0) is 89.0 Å². The number of rotatable bonds is 3. The average Bonchev–Trinajstić information content (AvgIpc) is 3.72. The molecule has 0 fully saturated rings. The lowest BCUT2D eigenvalue weighted by Crippen LogP contribution is -1.93. The molecular formula is C38H22N4O. The summed E-state index contributed by atoms with van der Waals surface area (Å²) in [5, 5.41) is 12.8. The van der Waals surface area contributed by atoms with Gasteiger partial charge in [0.25, 0.3) is 0 Å². The molecule has 0 saturated heterocycles. The highest BCUT2D eigenvalue weighted by Gasteiger charge is 2.16. The Balaban J connectivity index is 1.14. The van der Waals surface area contributed by atoms with Crippen molar-refractivity contribution in [2.24, 2.45) is 0 Å². The summed E-state index contributed by atoms with van der Waals surface area (Å²) in [6.07, 6.45) is 2.10. The van der Waals surface area contributed by atoms with Crippen LogP contribution in [0, 0.1) is 11.3 Å². The van der Waals surface area contributed by atoms with Gasteiger partial charge >= 0.3 is 0 Å². The topological polar surface area (TPSA) is 59.2 Å². The summed E-state index contributed by atoms with van der Waals surface area (Å²) in [6.45, 7) is 0. The van der Waals surface area contributed by atoms with Gasteiger partial charge in [0.2, 0.25) is 5.71 Å². The first-order valence-electron chi connectivity index (χ1n) is 14.2. The molecule has 0 aliphatic heterocycles. The zero-order valence-electron chi connectivity index (χ0n) is 22.9. The number of aromatic nitrogens is 3. The zero-order valence-corrected chi connectivity index (χ0v) is 22.9. The lowest BCUT2D eigenvalue weighted by molar-refractivity contribution is 0.649. The van der Waals surface area contributed by atoms with Crippen LogP contribution in [-0.2, 0) is 0 Å². The predicted molar refractivity (Wildman–Crippen MR) is 172 cm³/mol. The summed E-state index contributed by atoms with van der Waals surface area (Å²) >= 11 is 0. The minimum absolute atomic E-state index is 0.657. The number of hydrogen-bond acceptors (Lipinski definition) is 3. The quantitative estimate of drug-likeness (QED) is 0.220. The molecule has 0 spiro atoms. The first-order chi connectivity index (χ1) is 21.2. The smallest absolute Gasteiger partial charge is 0.232 e. The van der Waals surface area contributed by atoms with Crippen LogP contribution in [0.25, 0.3) is 77.6 Å². The van der Waals surface area contributed by atoms with Crippen LogP contribution in [0.4, 0.5) is 0 Å². The number of furan rings is 1. The maximum Gasteiger partial charge on any atom is 0.232 e. The third-order valence-corrected chi connectivity index (χ3v) is 8.38. The Kier molecular flexibility index (Phi) is 4.90. The largest absolute Gasteiger partial charge is 0.437 e. The fraction of sp³-hybridized carbons (Fsp3) is 0. The number of benzene rings is 5. The minimum Gasteiger partial charge on any atom is -0.437 e. The molecule has 4 aromatic heterocycles. The lowest BCUT2D eigenvalue weighted by atomic mass is 9.99. The lowest BCUT2D eigenvalue weighted by Gasteiger charge is -2.09. The number of imidazole rings is 1. The van der Waals surface area contributed by atoms with Crippen molar-refractivity contribution in [2.45, 2.75) is 0 Å². The molecule has 5 nitrogen and oxygen atoms in total. The van der Waals surface area contributed by atoms with Crippen molar-refractivity contribution in [2.75, 3.05) is 0 Å².